The lowest BCUT2D eigenvalue weighted by molar-refractivity contribution is -0.348. The molecule has 0 aliphatic rings. The quantitative estimate of drug-likeness (QED) is 0.169. The van der Waals surface area contributed by atoms with Crippen LogP contribution in [0.3, 0.4) is 0 Å². The van der Waals surface area contributed by atoms with Crippen molar-refractivity contribution in [2.45, 2.75) is 43.5 Å². The van der Waals surface area contributed by atoms with E-state index in [2.05, 4.69) is 5.32 Å². The Labute approximate surface area is 221 Å². The van der Waals surface area contributed by atoms with Crippen molar-refractivity contribution >= 4 is 39.9 Å². The Morgan fingerprint density at radius 1 is 0.947 bits per heavy atom. The fourth-order valence-corrected chi connectivity index (χ4v) is 3.98. The Morgan fingerprint density at radius 2 is 1.55 bits per heavy atom. The Balaban J connectivity index is 2.52. The summed E-state index contributed by atoms with van der Waals surface area (Å²) in [5, 5.41) is 12.8. The molecule has 0 saturated heterocycles. The van der Waals surface area contributed by atoms with Gasteiger partial charge < -0.3 is 10.6 Å². The number of nitriles is 1. The third-order valence-electron chi connectivity index (χ3n) is 5.09. The van der Waals surface area contributed by atoms with E-state index in [-0.39, 0.29) is 24.7 Å². The molecule has 0 aliphatic carbocycles. The SMILES string of the molecule is N#CCCCCNc1cccc(C(=O)Nc2c(I)cc(C(F)(C(F)(F)F)C(F)(F)F)cc2C(F)(F)F)c1F. The lowest BCUT2D eigenvalue weighted by Crippen LogP contribution is -2.50. The van der Waals surface area contributed by atoms with E-state index >= 15 is 0 Å². The summed E-state index contributed by atoms with van der Waals surface area (Å²) in [6.45, 7) is 0.171. The third kappa shape index (κ3) is 6.59. The van der Waals surface area contributed by atoms with Gasteiger partial charge in [-0.15, -0.1) is 0 Å². The van der Waals surface area contributed by atoms with E-state index in [4.69, 9.17) is 5.26 Å². The number of anilines is 2. The molecular formula is C22H15F11IN3O. The van der Waals surface area contributed by atoms with Crippen LogP contribution >= 0.6 is 22.6 Å². The highest BCUT2D eigenvalue weighted by Gasteiger charge is 2.73. The summed E-state index contributed by atoms with van der Waals surface area (Å²) in [7, 11) is 0. The molecule has 208 valence electrons. The van der Waals surface area contributed by atoms with E-state index < -0.39 is 67.9 Å². The molecule has 4 nitrogen and oxygen atoms in total. The van der Waals surface area contributed by atoms with Crippen molar-refractivity contribution in [3.05, 3.63) is 56.4 Å². The highest BCUT2D eigenvalue weighted by molar-refractivity contribution is 14.1. The van der Waals surface area contributed by atoms with Crippen LogP contribution in [0.2, 0.25) is 0 Å². The van der Waals surface area contributed by atoms with Crippen LogP contribution in [0.15, 0.2) is 30.3 Å². The van der Waals surface area contributed by atoms with E-state index in [1.807, 2.05) is 6.07 Å². The standard InChI is InChI=1S/C22H15F11IN3O/c23-16-12(5-4-6-15(16)36-8-3-1-2-7-35)18(38)37-17-13(20(25,26)27)9-11(10-14(17)34)19(24,21(28,29)30)22(31,32)33/h4-6,9-10,36H,1-3,8H2,(H,37,38). The third-order valence-corrected chi connectivity index (χ3v) is 5.94. The van der Waals surface area contributed by atoms with E-state index in [1.54, 1.807) is 5.32 Å². The monoisotopic (exact) mass is 673 g/mol. The van der Waals surface area contributed by atoms with Gasteiger partial charge in [0.15, 0.2) is 5.82 Å². The van der Waals surface area contributed by atoms with Crippen molar-refractivity contribution < 1.29 is 53.1 Å². The van der Waals surface area contributed by atoms with Crippen LogP contribution in [0, 0.1) is 20.7 Å². The van der Waals surface area contributed by atoms with Crippen LogP contribution in [0.4, 0.5) is 59.7 Å². The zero-order chi connectivity index (χ0) is 29.1. The normalized spacial score (nSPS) is 12.7. The first-order valence-electron chi connectivity index (χ1n) is 10.3. The lowest BCUT2D eigenvalue weighted by atomic mass is 9.92. The topological polar surface area (TPSA) is 64.9 Å². The summed E-state index contributed by atoms with van der Waals surface area (Å²) >= 11 is 0.900. The van der Waals surface area contributed by atoms with Gasteiger partial charge in [0.2, 0.25) is 0 Å². The molecule has 0 unspecified atom stereocenters. The van der Waals surface area contributed by atoms with Gasteiger partial charge in [-0.1, -0.05) is 6.07 Å². The van der Waals surface area contributed by atoms with Crippen molar-refractivity contribution in [3.63, 3.8) is 0 Å². The number of nitrogens with one attached hydrogen (secondary N) is 2. The van der Waals surface area contributed by atoms with E-state index in [0.29, 0.717) is 12.8 Å². The molecule has 0 atom stereocenters. The Bertz CT molecular complexity index is 1200. The number of hydrogen-bond donors (Lipinski definition) is 2. The molecule has 1 amide bonds. The van der Waals surface area contributed by atoms with Crippen molar-refractivity contribution in [3.8, 4) is 6.07 Å². The van der Waals surface area contributed by atoms with Crippen molar-refractivity contribution in [2.75, 3.05) is 17.2 Å². The maximum Gasteiger partial charge on any atom is 0.435 e. The first kappa shape index (κ1) is 31.4. The van der Waals surface area contributed by atoms with Gasteiger partial charge >= 0.3 is 24.2 Å². The first-order chi connectivity index (χ1) is 17.4. The second kappa shape index (κ2) is 11.5. The van der Waals surface area contributed by atoms with E-state index in [1.165, 1.54) is 12.1 Å². The number of alkyl halides is 10. The van der Waals surface area contributed by atoms with Crippen LogP contribution in [0.5, 0.6) is 0 Å². The smallest absolute Gasteiger partial charge is 0.383 e. The maximum atomic E-state index is 14.8. The molecule has 38 heavy (non-hydrogen) atoms. The summed E-state index contributed by atoms with van der Waals surface area (Å²) in [6, 6.07) is 4.31. The van der Waals surface area contributed by atoms with Gasteiger partial charge in [-0.05, 0) is 59.7 Å². The van der Waals surface area contributed by atoms with Crippen LogP contribution in [-0.2, 0) is 11.8 Å². The van der Waals surface area contributed by atoms with E-state index in [9.17, 15) is 53.1 Å². The van der Waals surface area contributed by atoms with Crippen molar-refractivity contribution in [1.82, 2.24) is 0 Å². The predicted octanol–water partition coefficient (Wildman–Crippen LogP) is 8.10. The number of amides is 1. The van der Waals surface area contributed by atoms with Crippen molar-refractivity contribution in [2.24, 2.45) is 0 Å². The van der Waals surface area contributed by atoms with Gasteiger partial charge in [0.25, 0.3) is 5.91 Å². The van der Waals surface area contributed by atoms with Crippen LogP contribution in [0.25, 0.3) is 0 Å². The van der Waals surface area contributed by atoms with Gasteiger partial charge in [-0.3, -0.25) is 4.79 Å². The molecule has 0 bridgehead atoms. The molecule has 0 fully saturated rings. The number of halogens is 12. The second-order valence-corrected chi connectivity index (χ2v) is 8.86. The first-order valence-corrected chi connectivity index (χ1v) is 11.4. The molecule has 0 heterocycles. The second-order valence-electron chi connectivity index (χ2n) is 7.70. The molecule has 0 spiro atoms. The zero-order valence-electron chi connectivity index (χ0n) is 18.6. The molecule has 2 aromatic carbocycles. The summed E-state index contributed by atoms with van der Waals surface area (Å²) in [5.41, 5.74) is -13.1. The highest BCUT2D eigenvalue weighted by atomic mass is 127. The van der Waals surface area contributed by atoms with E-state index in [0.717, 1.165) is 28.7 Å². The Kier molecular flexibility index (Phi) is 9.49. The minimum atomic E-state index is -6.67. The van der Waals surface area contributed by atoms with Gasteiger partial charge in [0.1, 0.15) is 0 Å². The molecule has 0 saturated carbocycles. The molecule has 0 aliphatic heterocycles. The summed E-state index contributed by atoms with van der Waals surface area (Å²) < 4.78 is 148. The van der Waals surface area contributed by atoms with Gasteiger partial charge in [-0.25, -0.2) is 8.78 Å². The number of carbonyl (C=O) groups excluding carboxylic acids is 1. The fraction of sp³-hybridized carbons (Fsp3) is 0.364. The molecule has 0 aromatic heterocycles. The Hall–Kier alpha value is -2.84. The van der Waals surface area contributed by atoms with Crippen molar-refractivity contribution in [1.29, 1.82) is 5.26 Å². The molecule has 0 radical (unpaired) electrons. The molecule has 2 aromatic rings. The minimum absolute atomic E-state index is 0.137. The Morgan fingerprint density at radius 3 is 2.08 bits per heavy atom. The number of hydrogen-bond acceptors (Lipinski definition) is 3. The number of benzene rings is 2. The highest BCUT2D eigenvalue weighted by Crippen LogP contribution is 2.54. The minimum Gasteiger partial charge on any atom is -0.383 e. The summed E-state index contributed by atoms with van der Waals surface area (Å²) in [4.78, 5) is 12.6. The van der Waals surface area contributed by atoms with Gasteiger partial charge in [0, 0.05) is 22.1 Å². The van der Waals surface area contributed by atoms with Gasteiger partial charge in [-0.2, -0.15) is 44.8 Å². The van der Waals surface area contributed by atoms with Gasteiger partial charge in [0.05, 0.1) is 28.6 Å². The summed E-state index contributed by atoms with van der Waals surface area (Å²) in [5.74, 6) is -2.72. The van der Waals surface area contributed by atoms with Crippen LogP contribution < -0.4 is 10.6 Å². The number of rotatable bonds is 8. The molecule has 2 rings (SSSR count). The average Bonchev–Trinajstić information content (AvgIpc) is 2.78. The molecular weight excluding hydrogens is 658 g/mol. The lowest BCUT2D eigenvalue weighted by Gasteiger charge is -2.31. The molecule has 2 N–H and O–H groups in total. The van der Waals surface area contributed by atoms with Crippen LogP contribution in [0.1, 0.15) is 40.7 Å². The van der Waals surface area contributed by atoms with Crippen LogP contribution in [-0.4, -0.2) is 24.8 Å². The predicted molar refractivity (Wildman–Crippen MR) is 121 cm³/mol. The zero-order valence-corrected chi connectivity index (χ0v) is 20.8. The maximum absolute atomic E-state index is 14.8. The number of nitrogens with zero attached hydrogens (tertiary/aromatic N) is 1. The number of unbranched alkanes of at least 4 members (excludes halogenated alkanes) is 2. The number of carbonyl (C=O) groups is 1. The largest absolute Gasteiger partial charge is 0.435 e. The average molecular weight is 673 g/mol. The summed E-state index contributed by atoms with van der Waals surface area (Å²) in [6.07, 6.45) is -17.8. The molecule has 16 heteroatoms. The fourth-order valence-electron chi connectivity index (χ4n) is 3.22.